The van der Waals surface area contributed by atoms with Crippen LogP contribution in [0.5, 0.6) is 0 Å². The quantitative estimate of drug-likeness (QED) is 0.856. The Morgan fingerprint density at radius 1 is 1.06 bits per heavy atom. The molecule has 3 nitrogen and oxygen atoms in total. The van der Waals surface area contributed by atoms with Gasteiger partial charge in [0.15, 0.2) is 0 Å². The maximum atomic E-state index is 12.2. The molecule has 2 N–H and O–H groups in total. The highest BCUT2D eigenvalue weighted by molar-refractivity contribution is 5.85. The van der Waals surface area contributed by atoms with Crippen LogP contribution < -0.4 is 5.73 Å². The minimum Gasteiger partial charge on any atom is -0.339 e. The molecule has 0 aromatic heterocycles. The maximum absolute atomic E-state index is 12.2. The molecule has 1 amide bonds. The standard InChI is InChI=1S/C14H24N2O.ClH/c15-3-1-2-14(17)16-9-12-5-10-4-11(6-12)8-13(16)7-10;/h10-13H,1-9,15H2;1H. The van der Waals surface area contributed by atoms with Gasteiger partial charge in [0, 0.05) is 19.0 Å². The van der Waals surface area contributed by atoms with Crippen LogP contribution in [0.25, 0.3) is 0 Å². The molecule has 2 saturated heterocycles. The highest BCUT2D eigenvalue weighted by Gasteiger charge is 2.43. The van der Waals surface area contributed by atoms with Crippen LogP contribution in [-0.4, -0.2) is 29.9 Å². The van der Waals surface area contributed by atoms with Crippen molar-refractivity contribution in [2.75, 3.05) is 13.1 Å². The lowest BCUT2D eigenvalue weighted by molar-refractivity contribution is -0.134. The molecule has 2 saturated carbocycles. The van der Waals surface area contributed by atoms with E-state index in [1.54, 1.807) is 0 Å². The normalized spacial score (nSPS) is 37.3. The van der Waals surface area contributed by atoms with E-state index in [1.165, 1.54) is 32.1 Å². The summed E-state index contributed by atoms with van der Waals surface area (Å²) in [6.07, 6.45) is 8.27. The third-order valence-corrected chi connectivity index (χ3v) is 5.02. The summed E-state index contributed by atoms with van der Waals surface area (Å²) in [5, 5.41) is 0. The van der Waals surface area contributed by atoms with E-state index in [1.807, 2.05) is 0 Å². The van der Waals surface area contributed by atoms with Gasteiger partial charge in [0.25, 0.3) is 0 Å². The lowest BCUT2D eigenvalue weighted by Gasteiger charge is -2.39. The molecule has 2 atom stereocenters. The molecule has 0 aromatic carbocycles. The summed E-state index contributed by atoms with van der Waals surface area (Å²) >= 11 is 0. The van der Waals surface area contributed by atoms with E-state index in [2.05, 4.69) is 4.90 Å². The summed E-state index contributed by atoms with van der Waals surface area (Å²) in [6, 6.07) is 0.566. The van der Waals surface area contributed by atoms with Crippen molar-refractivity contribution in [2.45, 2.75) is 51.0 Å². The van der Waals surface area contributed by atoms with E-state index in [4.69, 9.17) is 5.73 Å². The van der Waals surface area contributed by atoms with Crippen LogP contribution in [0, 0.1) is 17.8 Å². The number of hydrogen-bond donors (Lipinski definition) is 1. The van der Waals surface area contributed by atoms with Crippen molar-refractivity contribution >= 4 is 18.3 Å². The summed E-state index contributed by atoms with van der Waals surface area (Å²) < 4.78 is 0. The van der Waals surface area contributed by atoms with Gasteiger partial charge in [-0.3, -0.25) is 4.79 Å². The van der Waals surface area contributed by atoms with Crippen molar-refractivity contribution in [3.05, 3.63) is 0 Å². The van der Waals surface area contributed by atoms with Gasteiger partial charge in [0.2, 0.25) is 5.91 Å². The first-order chi connectivity index (χ1) is 8.26. The number of nitrogens with two attached hydrogens (primary N) is 1. The number of halogens is 1. The average molecular weight is 273 g/mol. The number of rotatable bonds is 3. The third kappa shape index (κ3) is 2.67. The van der Waals surface area contributed by atoms with Gasteiger partial charge in [-0.1, -0.05) is 0 Å². The van der Waals surface area contributed by atoms with Crippen molar-refractivity contribution < 1.29 is 4.79 Å². The fraction of sp³-hybridized carbons (Fsp3) is 0.929. The Morgan fingerprint density at radius 3 is 2.28 bits per heavy atom. The lowest BCUT2D eigenvalue weighted by Crippen LogP contribution is -2.42. The van der Waals surface area contributed by atoms with Crippen LogP contribution >= 0.6 is 12.4 Å². The summed E-state index contributed by atoms with van der Waals surface area (Å²) in [5.41, 5.74) is 5.50. The summed E-state index contributed by atoms with van der Waals surface area (Å²) in [7, 11) is 0. The van der Waals surface area contributed by atoms with E-state index in [-0.39, 0.29) is 12.4 Å². The second kappa shape index (κ2) is 5.79. The van der Waals surface area contributed by atoms with Crippen LogP contribution in [0.4, 0.5) is 0 Å². The first kappa shape index (κ1) is 14.1. The zero-order valence-corrected chi connectivity index (χ0v) is 11.8. The largest absolute Gasteiger partial charge is 0.339 e. The molecule has 4 fully saturated rings. The molecule has 0 aromatic rings. The average Bonchev–Trinajstić information content (AvgIpc) is 2.50. The van der Waals surface area contributed by atoms with Gasteiger partial charge in [0.05, 0.1) is 0 Å². The van der Waals surface area contributed by atoms with Crippen molar-refractivity contribution in [1.29, 1.82) is 0 Å². The zero-order valence-electron chi connectivity index (χ0n) is 11.0. The number of amides is 1. The summed E-state index contributed by atoms with van der Waals surface area (Å²) in [6.45, 7) is 1.68. The van der Waals surface area contributed by atoms with E-state index >= 15 is 0 Å². The molecule has 4 rings (SSSR count). The fourth-order valence-electron chi connectivity index (χ4n) is 4.49. The minimum absolute atomic E-state index is 0. The second-order valence-electron chi connectivity index (χ2n) is 6.37. The number of carbonyl (C=O) groups is 1. The van der Waals surface area contributed by atoms with Crippen LogP contribution in [-0.2, 0) is 4.79 Å². The Kier molecular flexibility index (Phi) is 4.54. The van der Waals surface area contributed by atoms with Crippen molar-refractivity contribution in [2.24, 2.45) is 23.5 Å². The van der Waals surface area contributed by atoms with Gasteiger partial charge >= 0.3 is 0 Å². The van der Waals surface area contributed by atoms with Crippen LogP contribution in [0.1, 0.15) is 44.9 Å². The SMILES string of the molecule is Cl.NCCCC(=O)N1CC2CC3CC(C2)CC1C3. The molecule has 2 unspecified atom stereocenters. The Balaban J connectivity index is 0.00000120. The molecule has 18 heavy (non-hydrogen) atoms. The molecular formula is C14H25ClN2O. The Bertz CT molecular complexity index is 296. The summed E-state index contributed by atoms with van der Waals surface area (Å²) in [5.74, 6) is 3.01. The first-order valence-corrected chi connectivity index (χ1v) is 7.25. The van der Waals surface area contributed by atoms with Gasteiger partial charge < -0.3 is 10.6 Å². The van der Waals surface area contributed by atoms with Gasteiger partial charge in [-0.05, 0) is 62.8 Å². The minimum atomic E-state index is 0. The number of carbonyl (C=O) groups excluding carboxylic acids is 1. The fourth-order valence-corrected chi connectivity index (χ4v) is 4.49. The molecule has 4 bridgehead atoms. The van der Waals surface area contributed by atoms with E-state index in [0.717, 1.165) is 30.7 Å². The molecule has 4 heteroatoms. The molecule has 2 aliphatic carbocycles. The van der Waals surface area contributed by atoms with Gasteiger partial charge in [-0.15, -0.1) is 12.4 Å². The third-order valence-electron chi connectivity index (χ3n) is 5.02. The Labute approximate surface area is 116 Å². The molecule has 104 valence electrons. The van der Waals surface area contributed by atoms with Gasteiger partial charge in [0.1, 0.15) is 0 Å². The number of hydrogen-bond acceptors (Lipinski definition) is 2. The van der Waals surface area contributed by atoms with Crippen LogP contribution in [0.15, 0.2) is 0 Å². The summed E-state index contributed by atoms with van der Waals surface area (Å²) in [4.78, 5) is 14.5. The predicted molar refractivity (Wildman–Crippen MR) is 74.6 cm³/mol. The molecule has 0 spiro atoms. The highest BCUT2D eigenvalue weighted by atomic mass is 35.5. The second-order valence-corrected chi connectivity index (χ2v) is 6.37. The van der Waals surface area contributed by atoms with Crippen molar-refractivity contribution in [3.8, 4) is 0 Å². The smallest absolute Gasteiger partial charge is 0.222 e. The maximum Gasteiger partial charge on any atom is 0.222 e. The van der Waals surface area contributed by atoms with Gasteiger partial charge in [-0.25, -0.2) is 0 Å². The molecule has 4 aliphatic rings. The monoisotopic (exact) mass is 272 g/mol. The Morgan fingerprint density at radius 2 is 1.67 bits per heavy atom. The highest BCUT2D eigenvalue weighted by Crippen LogP contribution is 2.47. The predicted octanol–water partition coefficient (Wildman–Crippen LogP) is 2.18. The molecule has 2 aliphatic heterocycles. The Hall–Kier alpha value is -0.280. The van der Waals surface area contributed by atoms with Gasteiger partial charge in [-0.2, -0.15) is 0 Å². The van der Waals surface area contributed by atoms with Crippen LogP contribution in [0.2, 0.25) is 0 Å². The van der Waals surface area contributed by atoms with Crippen molar-refractivity contribution in [1.82, 2.24) is 4.90 Å². The van der Waals surface area contributed by atoms with E-state index in [9.17, 15) is 4.79 Å². The number of fused-ring (bicyclic) bond motifs is 1. The number of nitrogens with zero attached hydrogens (tertiary/aromatic N) is 1. The van der Waals surface area contributed by atoms with Crippen LogP contribution in [0.3, 0.4) is 0 Å². The lowest BCUT2D eigenvalue weighted by atomic mass is 9.68. The topological polar surface area (TPSA) is 46.3 Å². The van der Waals surface area contributed by atoms with Crippen molar-refractivity contribution in [3.63, 3.8) is 0 Å². The molecular weight excluding hydrogens is 248 g/mol. The first-order valence-electron chi connectivity index (χ1n) is 7.25. The van der Waals surface area contributed by atoms with E-state index < -0.39 is 0 Å². The van der Waals surface area contributed by atoms with E-state index in [0.29, 0.717) is 24.9 Å². The molecule has 2 heterocycles. The zero-order chi connectivity index (χ0) is 11.8. The molecule has 0 radical (unpaired) electrons.